The second-order valence-electron chi connectivity index (χ2n) is 3.95. The van der Waals surface area contributed by atoms with Gasteiger partial charge in [-0.15, -0.1) is 0 Å². The zero-order valence-electron chi connectivity index (χ0n) is 8.87. The molecule has 0 fully saturated rings. The smallest absolute Gasteiger partial charge is 0.132 e. The number of nitrogens with zero attached hydrogens (tertiary/aromatic N) is 1. The van der Waals surface area contributed by atoms with Gasteiger partial charge in [-0.25, -0.2) is 4.39 Å². The molecule has 3 heteroatoms. The Morgan fingerprint density at radius 1 is 1.40 bits per heavy atom. The van der Waals surface area contributed by atoms with Crippen LogP contribution in [0.15, 0.2) is 24.4 Å². The van der Waals surface area contributed by atoms with Crippen LogP contribution in [0.1, 0.15) is 25.5 Å². The van der Waals surface area contributed by atoms with Gasteiger partial charge < -0.3 is 9.67 Å². The van der Waals surface area contributed by atoms with E-state index in [1.165, 1.54) is 6.07 Å². The van der Waals surface area contributed by atoms with E-state index < -0.39 is 0 Å². The van der Waals surface area contributed by atoms with Crippen molar-refractivity contribution in [1.29, 1.82) is 0 Å². The molecule has 0 aliphatic heterocycles. The summed E-state index contributed by atoms with van der Waals surface area (Å²) >= 11 is 0. The van der Waals surface area contributed by atoms with E-state index in [2.05, 4.69) is 0 Å². The van der Waals surface area contributed by atoms with E-state index in [1.54, 1.807) is 6.07 Å². The Labute approximate surface area is 88.0 Å². The molecule has 2 aromatic rings. The Morgan fingerprint density at radius 3 is 2.73 bits per heavy atom. The number of benzene rings is 1. The van der Waals surface area contributed by atoms with E-state index in [-0.39, 0.29) is 18.5 Å². The second-order valence-corrected chi connectivity index (χ2v) is 3.95. The third-order valence-corrected chi connectivity index (χ3v) is 2.61. The number of fused-ring (bicyclic) bond motifs is 1. The van der Waals surface area contributed by atoms with Gasteiger partial charge in [0.25, 0.3) is 0 Å². The maximum Gasteiger partial charge on any atom is 0.132 e. The van der Waals surface area contributed by atoms with Crippen molar-refractivity contribution in [3.05, 3.63) is 35.8 Å². The van der Waals surface area contributed by atoms with Gasteiger partial charge in [0.15, 0.2) is 0 Å². The number of aromatic nitrogens is 1. The molecular weight excluding hydrogens is 193 g/mol. The van der Waals surface area contributed by atoms with Crippen molar-refractivity contribution in [3.8, 4) is 0 Å². The Hall–Kier alpha value is -1.35. The Bertz CT molecular complexity index is 488. The molecule has 0 aliphatic rings. The summed E-state index contributed by atoms with van der Waals surface area (Å²) in [7, 11) is 0. The number of rotatable bonds is 2. The normalized spacial score (nSPS) is 11.5. The van der Waals surface area contributed by atoms with Gasteiger partial charge in [-0.1, -0.05) is 6.07 Å². The lowest BCUT2D eigenvalue weighted by Crippen LogP contribution is -1.97. The van der Waals surface area contributed by atoms with Gasteiger partial charge in [-0.2, -0.15) is 0 Å². The van der Waals surface area contributed by atoms with Crippen LogP contribution in [0.2, 0.25) is 0 Å². The monoisotopic (exact) mass is 207 g/mol. The summed E-state index contributed by atoms with van der Waals surface area (Å²) in [6.45, 7) is 3.94. The van der Waals surface area contributed by atoms with E-state index >= 15 is 0 Å². The van der Waals surface area contributed by atoms with Crippen LogP contribution in [0.4, 0.5) is 4.39 Å². The standard InChI is InChI=1S/C12H14FNO/c1-8(2)14-6-9(7-15)12-10(13)4-3-5-11(12)14/h3-6,8,15H,7H2,1-2H3. The van der Waals surface area contributed by atoms with Crippen molar-refractivity contribution in [3.63, 3.8) is 0 Å². The number of hydrogen-bond donors (Lipinski definition) is 1. The van der Waals surface area contributed by atoms with Crippen LogP contribution in [-0.2, 0) is 6.61 Å². The summed E-state index contributed by atoms with van der Waals surface area (Å²) in [4.78, 5) is 0. The summed E-state index contributed by atoms with van der Waals surface area (Å²) in [6.07, 6.45) is 1.82. The van der Waals surface area contributed by atoms with Crippen molar-refractivity contribution in [2.24, 2.45) is 0 Å². The molecule has 0 bridgehead atoms. The number of aliphatic hydroxyl groups excluding tert-OH is 1. The van der Waals surface area contributed by atoms with Crippen molar-refractivity contribution in [1.82, 2.24) is 4.57 Å². The average Bonchev–Trinajstić information content (AvgIpc) is 2.58. The Kier molecular flexibility index (Phi) is 2.49. The lowest BCUT2D eigenvalue weighted by Gasteiger charge is -2.08. The average molecular weight is 207 g/mol. The highest BCUT2D eigenvalue weighted by molar-refractivity contribution is 5.84. The zero-order chi connectivity index (χ0) is 11.0. The van der Waals surface area contributed by atoms with Crippen LogP contribution >= 0.6 is 0 Å². The fourth-order valence-corrected chi connectivity index (χ4v) is 1.89. The van der Waals surface area contributed by atoms with Crippen LogP contribution in [-0.4, -0.2) is 9.67 Å². The first-order valence-corrected chi connectivity index (χ1v) is 5.04. The molecule has 2 nitrogen and oxygen atoms in total. The summed E-state index contributed by atoms with van der Waals surface area (Å²) in [5, 5.41) is 9.71. The maximum atomic E-state index is 13.6. The van der Waals surface area contributed by atoms with Crippen LogP contribution in [0.25, 0.3) is 10.9 Å². The summed E-state index contributed by atoms with van der Waals surface area (Å²) in [5.74, 6) is -0.268. The lowest BCUT2D eigenvalue weighted by atomic mass is 10.2. The maximum absolute atomic E-state index is 13.6. The van der Waals surface area contributed by atoms with Crippen molar-refractivity contribution in [2.45, 2.75) is 26.5 Å². The highest BCUT2D eigenvalue weighted by Crippen LogP contribution is 2.26. The van der Waals surface area contributed by atoms with Crippen LogP contribution in [0.3, 0.4) is 0 Å². The van der Waals surface area contributed by atoms with Gasteiger partial charge >= 0.3 is 0 Å². The number of halogens is 1. The molecule has 15 heavy (non-hydrogen) atoms. The topological polar surface area (TPSA) is 25.2 Å². The minimum atomic E-state index is -0.268. The largest absolute Gasteiger partial charge is 0.392 e. The number of aliphatic hydroxyl groups is 1. The van der Waals surface area contributed by atoms with Crippen molar-refractivity contribution < 1.29 is 9.50 Å². The second kappa shape index (κ2) is 3.66. The minimum absolute atomic E-state index is 0.128. The molecule has 1 aromatic carbocycles. The molecule has 0 radical (unpaired) electrons. The van der Waals surface area contributed by atoms with Crippen molar-refractivity contribution >= 4 is 10.9 Å². The highest BCUT2D eigenvalue weighted by atomic mass is 19.1. The van der Waals surface area contributed by atoms with Gasteiger partial charge in [0.05, 0.1) is 12.1 Å². The fourth-order valence-electron chi connectivity index (χ4n) is 1.89. The predicted octanol–water partition coefficient (Wildman–Crippen LogP) is 2.85. The molecule has 0 saturated carbocycles. The Morgan fingerprint density at radius 2 is 2.13 bits per heavy atom. The third kappa shape index (κ3) is 1.53. The summed E-state index contributed by atoms with van der Waals surface area (Å²) in [6, 6.07) is 5.25. The van der Waals surface area contributed by atoms with Crippen LogP contribution in [0, 0.1) is 5.82 Å². The van der Waals surface area contributed by atoms with Gasteiger partial charge in [-0.05, 0) is 26.0 Å². The lowest BCUT2D eigenvalue weighted by molar-refractivity contribution is 0.282. The first kappa shape index (κ1) is 10.2. The van der Waals surface area contributed by atoms with Crippen molar-refractivity contribution in [2.75, 3.05) is 0 Å². The Balaban J connectivity index is 2.81. The van der Waals surface area contributed by atoms with Crippen LogP contribution < -0.4 is 0 Å². The molecule has 0 atom stereocenters. The fraction of sp³-hybridized carbons (Fsp3) is 0.333. The molecule has 80 valence electrons. The van der Waals surface area contributed by atoms with E-state index in [1.807, 2.05) is 30.7 Å². The van der Waals surface area contributed by atoms with Gasteiger partial charge in [0.2, 0.25) is 0 Å². The third-order valence-electron chi connectivity index (χ3n) is 2.61. The van der Waals surface area contributed by atoms with Crippen LogP contribution in [0.5, 0.6) is 0 Å². The highest BCUT2D eigenvalue weighted by Gasteiger charge is 2.12. The number of hydrogen-bond acceptors (Lipinski definition) is 1. The zero-order valence-corrected chi connectivity index (χ0v) is 8.87. The molecule has 0 saturated heterocycles. The molecule has 1 heterocycles. The molecular formula is C12H14FNO. The van der Waals surface area contributed by atoms with E-state index in [0.29, 0.717) is 10.9 Å². The van der Waals surface area contributed by atoms with E-state index in [4.69, 9.17) is 0 Å². The molecule has 1 aromatic heterocycles. The molecule has 0 amide bonds. The van der Waals surface area contributed by atoms with Gasteiger partial charge in [-0.3, -0.25) is 0 Å². The first-order valence-electron chi connectivity index (χ1n) is 5.04. The first-order chi connectivity index (χ1) is 7.15. The minimum Gasteiger partial charge on any atom is -0.392 e. The van der Waals surface area contributed by atoms with E-state index in [9.17, 15) is 9.50 Å². The van der Waals surface area contributed by atoms with Gasteiger partial charge in [0.1, 0.15) is 5.82 Å². The predicted molar refractivity (Wildman–Crippen MR) is 58.2 cm³/mol. The SMILES string of the molecule is CC(C)n1cc(CO)c2c(F)cccc21. The summed E-state index contributed by atoms with van der Waals surface area (Å²) in [5.41, 5.74) is 1.49. The molecule has 0 unspecified atom stereocenters. The van der Waals surface area contributed by atoms with E-state index in [0.717, 1.165) is 5.52 Å². The molecule has 0 aliphatic carbocycles. The molecule has 2 rings (SSSR count). The quantitative estimate of drug-likeness (QED) is 0.804. The summed E-state index contributed by atoms with van der Waals surface area (Å²) < 4.78 is 15.6. The molecule has 1 N–H and O–H groups in total. The van der Waals surface area contributed by atoms with Gasteiger partial charge in [0, 0.05) is 23.2 Å². The molecule has 0 spiro atoms.